The highest BCUT2D eigenvalue weighted by atomic mass is 35.5. The van der Waals surface area contributed by atoms with Crippen molar-refractivity contribution in [1.29, 1.82) is 0 Å². The van der Waals surface area contributed by atoms with Gasteiger partial charge in [0.05, 0.1) is 5.02 Å². The maximum Gasteiger partial charge on any atom is 0.255 e. The molecule has 0 bridgehead atoms. The average molecular weight is 345 g/mol. The van der Waals surface area contributed by atoms with Crippen LogP contribution in [0.4, 0.5) is 11.4 Å². The summed E-state index contributed by atoms with van der Waals surface area (Å²) < 4.78 is 10.6. The van der Waals surface area contributed by atoms with Gasteiger partial charge in [0.2, 0.25) is 6.79 Å². The summed E-state index contributed by atoms with van der Waals surface area (Å²) >= 11 is 6.14. The van der Waals surface area contributed by atoms with Crippen molar-refractivity contribution in [3.63, 3.8) is 0 Å². The molecule has 1 N–H and O–H groups in total. The average Bonchev–Trinajstić information content (AvgIpc) is 3.20. The summed E-state index contributed by atoms with van der Waals surface area (Å²) in [5.41, 5.74) is 3.73. The fourth-order valence-corrected chi connectivity index (χ4v) is 3.42. The summed E-state index contributed by atoms with van der Waals surface area (Å²) in [5, 5.41) is 3.31. The Balaban J connectivity index is 1.58. The van der Waals surface area contributed by atoms with Gasteiger partial charge in [-0.2, -0.15) is 0 Å². The van der Waals surface area contributed by atoms with E-state index in [1.807, 2.05) is 12.1 Å². The van der Waals surface area contributed by atoms with E-state index in [9.17, 15) is 4.79 Å². The zero-order valence-corrected chi connectivity index (χ0v) is 14.0. The van der Waals surface area contributed by atoms with Gasteiger partial charge in [-0.1, -0.05) is 17.7 Å². The van der Waals surface area contributed by atoms with E-state index in [0.717, 1.165) is 25.2 Å². The number of amides is 1. The minimum atomic E-state index is -0.226. The maximum absolute atomic E-state index is 12.5. The van der Waals surface area contributed by atoms with Gasteiger partial charge in [0.25, 0.3) is 5.91 Å². The van der Waals surface area contributed by atoms with Crippen LogP contribution in [0.2, 0.25) is 5.02 Å². The molecule has 0 aliphatic carbocycles. The van der Waals surface area contributed by atoms with Crippen LogP contribution in [-0.2, 0) is 6.42 Å². The Morgan fingerprint density at radius 1 is 1.29 bits per heavy atom. The minimum absolute atomic E-state index is 0.123. The lowest BCUT2D eigenvalue weighted by atomic mass is 10.1. The molecule has 6 heteroatoms. The number of nitrogens with one attached hydrogen (secondary N) is 1. The van der Waals surface area contributed by atoms with Crippen molar-refractivity contribution >= 4 is 28.9 Å². The summed E-state index contributed by atoms with van der Waals surface area (Å²) in [5.74, 6) is 0.763. The molecule has 4 rings (SSSR count). The van der Waals surface area contributed by atoms with Gasteiger partial charge in [-0.15, -0.1) is 0 Å². The van der Waals surface area contributed by atoms with Crippen LogP contribution in [0.25, 0.3) is 0 Å². The topological polar surface area (TPSA) is 50.8 Å². The number of carbonyl (C=O) groups excluding carboxylic acids is 1. The summed E-state index contributed by atoms with van der Waals surface area (Å²) in [6.07, 6.45) is 1.05. The van der Waals surface area contributed by atoms with Crippen LogP contribution in [0, 0.1) is 0 Å². The number of anilines is 2. The predicted molar refractivity (Wildman–Crippen MR) is 93.6 cm³/mol. The smallest absolute Gasteiger partial charge is 0.255 e. The number of likely N-dealkylation sites (N-methyl/N-ethyl adjacent to an activating group) is 1. The molecule has 2 aliphatic rings. The van der Waals surface area contributed by atoms with E-state index >= 15 is 0 Å². The van der Waals surface area contributed by atoms with Crippen molar-refractivity contribution in [2.45, 2.75) is 13.3 Å². The van der Waals surface area contributed by atoms with Crippen LogP contribution < -0.4 is 19.7 Å². The zero-order chi connectivity index (χ0) is 16.7. The maximum atomic E-state index is 12.5. The molecule has 2 aromatic carbocycles. The summed E-state index contributed by atoms with van der Waals surface area (Å²) in [6.45, 7) is 4.25. The molecular weight excluding hydrogens is 328 g/mol. The number of rotatable bonds is 3. The highest BCUT2D eigenvalue weighted by Crippen LogP contribution is 2.40. The summed E-state index contributed by atoms with van der Waals surface area (Å²) in [7, 11) is 0. The van der Waals surface area contributed by atoms with Crippen LogP contribution in [0.15, 0.2) is 30.3 Å². The van der Waals surface area contributed by atoms with Crippen LogP contribution in [-0.4, -0.2) is 25.8 Å². The first-order chi connectivity index (χ1) is 11.7. The Morgan fingerprint density at radius 2 is 2.17 bits per heavy atom. The Bertz CT molecular complexity index is 822. The second kappa shape index (κ2) is 5.91. The number of fused-ring (bicyclic) bond motifs is 2. The molecule has 2 aromatic rings. The lowest BCUT2D eigenvalue weighted by molar-refractivity contribution is 0.102. The highest BCUT2D eigenvalue weighted by Gasteiger charge is 2.22. The zero-order valence-electron chi connectivity index (χ0n) is 13.3. The number of nitrogens with zero attached hydrogens (tertiary/aromatic N) is 1. The van der Waals surface area contributed by atoms with E-state index in [-0.39, 0.29) is 12.7 Å². The van der Waals surface area contributed by atoms with Crippen LogP contribution >= 0.6 is 11.6 Å². The van der Waals surface area contributed by atoms with Crippen LogP contribution in [0.3, 0.4) is 0 Å². The Morgan fingerprint density at radius 3 is 3.00 bits per heavy atom. The van der Waals surface area contributed by atoms with E-state index in [1.54, 1.807) is 12.1 Å². The van der Waals surface area contributed by atoms with Gasteiger partial charge in [-0.3, -0.25) is 4.79 Å². The van der Waals surface area contributed by atoms with E-state index < -0.39 is 0 Å². The van der Waals surface area contributed by atoms with Gasteiger partial charge in [0, 0.05) is 30.0 Å². The second-order valence-corrected chi connectivity index (χ2v) is 6.23. The first-order valence-corrected chi connectivity index (χ1v) is 8.32. The Labute approximate surface area is 145 Å². The second-order valence-electron chi connectivity index (χ2n) is 5.82. The number of benzene rings is 2. The molecule has 1 amide bonds. The first-order valence-electron chi connectivity index (χ1n) is 7.94. The molecule has 24 heavy (non-hydrogen) atoms. The number of hydrogen-bond donors (Lipinski definition) is 1. The predicted octanol–water partition coefficient (Wildman–Crippen LogP) is 3.70. The minimum Gasteiger partial charge on any atom is -0.454 e. The lowest BCUT2D eigenvalue weighted by Gasteiger charge is -2.17. The molecule has 2 heterocycles. The number of carbonyl (C=O) groups is 1. The largest absolute Gasteiger partial charge is 0.454 e. The number of hydrogen-bond acceptors (Lipinski definition) is 4. The molecule has 0 fully saturated rings. The molecule has 0 spiro atoms. The molecule has 0 aromatic heterocycles. The third-order valence-corrected chi connectivity index (χ3v) is 4.69. The normalized spacial score (nSPS) is 14.7. The van der Waals surface area contributed by atoms with Crippen molar-refractivity contribution in [3.8, 4) is 11.5 Å². The lowest BCUT2D eigenvalue weighted by Crippen LogP contribution is -2.19. The fraction of sp³-hybridized carbons (Fsp3) is 0.278. The van der Waals surface area contributed by atoms with Gasteiger partial charge in [0.1, 0.15) is 0 Å². The number of halogens is 1. The summed E-state index contributed by atoms with van der Waals surface area (Å²) in [6, 6.07) is 9.28. The van der Waals surface area contributed by atoms with Crippen LogP contribution in [0.5, 0.6) is 11.5 Å². The molecule has 0 unspecified atom stereocenters. The van der Waals surface area contributed by atoms with Crippen molar-refractivity contribution in [3.05, 3.63) is 46.5 Å². The highest BCUT2D eigenvalue weighted by molar-refractivity contribution is 6.32. The standard InChI is InChI=1S/C18H17ClN2O3/c1-2-21-6-5-11-3-4-13(9-15(11)21)20-18(22)12-7-14(19)17-16(8-12)23-10-24-17/h3-4,7-9H,2,5-6,10H2,1H3,(H,20,22). The molecule has 2 aliphatic heterocycles. The molecule has 0 saturated carbocycles. The molecule has 0 atom stereocenters. The van der Waals surface area contributed by atoms with Crippen molar-refractivity contribution in [1.82, 2.24) is 0 Å². The molecule has 0 saturated heterocycles. The van der Waals surface area contributed by atoms with Gasteiger partial charge in [-0.25, -0.2) is 0 Å². The summed E-state index contributed by atoms with van der Waals surface area (Å²) in [4.78, 5) is 14.8. The van der Waals surface area contributed by atoms with Gasteiger partial charge in [-0.05, 0) is 43.2 Å². The van der Waals surface area contributed by atoms with E-state index in [0.29, 0.717) is 22.1 Å². The van der Waals surface area contributed by atoms with Crippen molar-refractivity contribution < 1.29 is 14.3 Å². The SMILES string of the molecule is CCN1CCc2ccc(NC(=O)c3cc(Cl)c4c(c3)OCO4)cc21. The van der Waals surface area contributed by atoms with Crippen LogP contribution in [0.1, 0.15) is 22.8 Å². The van der Waals surface area contributed by atoms with Gasteiger partial charge < -0.3 is 19.7 Å². The van der Waals surface area contributed by atoms with Gasteiger partial charge >= 0.3 is 0 Å². The molecule has 5 nitrogen and oxygen atoms in total. The van der Waals surface area contributed by atoms with E-state index in [2.05, 4.69) is 23.2 Å². The number of ether oxygens (including phenoxy) is 2. The first kappa shape index (κ1) is 15.1. The van der Waals surface area contributed by atoms with Gasteiger partial charge in [0.15, 0.2) is 11.5 Å². The molecule has 124 valence electrons. The van der Waals surface area contributed by atoms with E-state index in [4.69, 9.17) is 21.1 Å². The van der Waals surface area contributed by atoms with E-state index in [1.165, 1.54) is 11.3 Å². The fourth-order valence-electron chi connectivity index (χ4n) is 3.15. The third kappa shape index (κ3) is 2.55. The van der Waals surface area contributed by atoms with Crippen molar-refractivity contribution in [2.24, 2.45) is 0 Å². The van der Waals surface area contributed by atoms with Crippen molar-refractivity contribution in [2.75, 3.05) is 30.1 Å². The monoisotopic (exact) mass is 344 g/mol. The Hall–Kier alpha value is -2.40. The quantitative estimate of drug-likeness (QED) is 0.922. The molecular formula is C18H17ClN2O3. The third-order valence-electron chi connectivity index (χ3n) is 4.41. The Kier molecular flexibility index (Phi) is 3.73. The molecule has 0 radical (unpaired) electrons.